The molecule has 3 heteroatoms. The van der Waals surface area contributed by atoms with Crippen LogP contribution >= 0.6 is 0 Å². The van der Waals surface area contributed by atoms with Crippen LogP contribution in [0.15, 0.2) is 54.6 Å². The van der Waals surface area contributed by atoms with Crippen molar-refractivity contribution in [2.24, 2.45) is 0 Å². The third-order valence-electron chi connectivity index (χ3n) is 4.40. The lowest BCUT2D eigenvalue weighted by molar-refractivity contribution is 0.104. The third kappa shape index (κ3) is 4.18. The van der Waals surface area contributed by atoms with Crippen molar-refractivity contribution in [2.45, 2.75) is 32.4 Å². The summed E-state index contributed by atoms with van der Waals surface area (Å²) in [4.78, 5) is 14.8. The Morgan fingerprint density at radius 2 is 1.88 bits per heavy atom. The minimum Gasteiger partial charge on any atom is -0.379 e. The molecule has 0 saturated heterocycles. The van der Waals surface area contributed by atoms with Gasteiger partial charge in [-0.1, -0.05) is 48.5 Å². The first kappa shape index (κ1) is 17.4. The molecule has 0 aliphatic carbocycles. The Morgan fingerprint density at radius 1 is 1.16 bits per heavy atom. The summed E-state index contributed by atoms with van der Waals surface area (Å²) in [6.45, 7) is 5.27. The highest BCUT2D eigenvalue weighted by molar-refractivity contribution is 6.08. The third-order valence-corrected chi connectivity index (χ3v) is 4.40. The van der Waals surface area contributed by atoms with Gasteiger partial charge in [-0.05, 0) is 45.5 Å². The number of benzene rings is 2. The molecule has 1 aliphatic rings. The topological polar surface area (TPSA) is 32.3 Å². The minimum absolute atomic E-state index is 0.0316. The fraction of sp³-hybridized carbons (Fsp3) is 0.318. The van der Waals surface area contributed by atoms with Crippen molar-refractivity contribution in [2.75, 3.05) is 14.1 Å². The van der Waals surface area contributed by atoms with Gasteiger partial charge in [0.2, 0.25) is 0 Å². The molecular weight excluding hydrogens is 308 g/mol. The minimum atomic E-state index is -0.0768. The van der Waals surface area contributed by atoms with Crippen LogP contribution in [0.4, 0.5) is 0 Å². The van der Waals surface area contributed by atoms with Gasteiger partial charge in [-0.3, -0.25) is 4.79 Å². The zero-order valence-corrected chi connectivity index (χ0v) is 15.5. The van der Waals surface area contributed by atoms with Crippen LogP contribution in [0.1, 0.15) is 40.9 Å². The van der Waals surface area contributed by atoms with Crippen LogP contribution in [0.2, 0.25) is 0 Å². The summed E-state index contributed by atoms with van der Waals surface area (Å²) in [7, 11) is 4.16. The lowest BCUT2D eigenvalue weighted by Crippen LogP contribution is -2.44. The first-order valence-corrected chi connectivity index (χ1v) is 8.70. The van der Waals surface area contributed by atoms with E-state index in [1.54, 1.807) is 6.08 Å². The Labute approximate surface area is 150 Å². The summed E-state index contributed by atoms with van der Waals surface area (Å²) in [5.41, 5.74) is 5.28. The van der Waals surface area contributed by atoms with Crippen molar-refractivity contribution in [3.8, 4) is 0 Å². The molecular formula is C22H26N2O. The molecule has 0 radical (unpaired) electrons. The van der Waals surface area contributed by atoms with E-state index < -0.39 is 0 Å². The molecule has 1 N–H and O–H groups in total. The van der Waals surface area contributed by atoms with Gasteiger partial charge in [0.05, 0.1) is 0 Å². The number of nitrogens with one attached hydrogen (secondary N) is 1. The monoisotopic (exact) mass is 334 g/mol. The van der Waals surface area contributed by atoms with Gasteiger partial charge in [0.1, 0.15) is 0 Å². The second-order valence-corrected chi connectivity index (χ2v) is 7.70. The van der Waals surface area contributed by atoms with Gasteiger partial charge in [0.15, 0.2) is 5.78 Å². The highest BCUT2D eigenvalue weighted by Gasteiger charge is 2.28. The zero-order chi connectivity index (χ0) is 18.0. The molecule has 1 heterocycles. The molecule has 1 aliphatic heterocycles. The quantitative estimate of drug-likeness (QED) is 0.680. The van der Waals surface area contributed by atoms with Gasteiger partial charge in [0.25, 0.3) is 0 Å². The first-order chi connectivity index (χ1) is 11.8. The van der Waals surface area contributed by atoms with E-state index in [9.17, 15) is 4.79 Å². The SMILES string of the molecule is CN(C)Cc1ccc2c(c1)CC(C)(C)NC2=CC(=O)c1ccccc1. The molecule has 0 spiro atoms. The molecule has 0 unspecified atom stereocenters. The standard InChI is InChI=1S/C22H26N2O/c1-22(2)14-18-12-16(15-24(3)4)10-11-19(18)20(23-22)13-21(25)17-8-6-5-7-9-17/h5-13,23H,14-15H2,1-4H3. The highest BCUT2D eigenvalue weighted by atomic mass is 16.1. The molecule has 3 rings (SSSR count). The van der Waals surface area contributed by atoms with Crippen LogP contribution in [0, 0.1) is 0 Å². The summed E-state index contributed by atoms with van der Waals surface area (Å²) in [5.74, 6) is 0.0316. The number of hydrogen-bond acceptors (Lipinski definition) is 3. The van der Waals surface area contributed by atoms with Crippen molar-refractivity contribution >= 4 is 11.5 Å². The zero-order valence-electron chi connectivity index (χ0n) is 15.5. The van der Waals surface area contributed by atoms with E-state index in [-0.39, 0.29) is 11.3 Å². The Kier molecular flexibility index (Phi) is 4.78. The molecule has 0 atom stereocenters. The maximum atomic E-state index is 12.6. The van der Waals surface area contributed by atoms with Crippen LogP contribution in [-0.2, 0) is 13.0 Å². The maximum absolute atomic E-state index is 12.6. The predicted octanol–water partition coefficient (Wildman–Crippen LogP) is 3.90. The van der Waals surface area contributed by atoms with Crippen LogP contribution < -0.4 is 5.32 Å². The van der Waals surface area contributed by atoms with E-state index in [1.807, 2.05) is 30.3 Å². The number of rotatable bonds is 4. The van der Waals surface area contributed by atoms with Crippen LogP contribution in [0.5, 0.6) is 0 Å². The van der Waals surface area contributed by atoms with E-state index >= 15 is 0 Å². The van der Waals surface area contributed by atoms with E-state index in [4.69, 9.17) is 0 Å². The Bertz CT molecular complexity index is 804. The van der Waals surface area contributed by atoms with Crippen molar-refractivity contribution in [1.29, 1.82) is 0 Å². The van der Waals surface area contributed by atoms with Gasteiger partial charge in [-0.2, -0.15) is 0 Å². The van der Waals surface area contributed by atoms with Crippen molar-refractivity contribution in [3.05, 3.63) is 76.9 Å². The lowest BCUT2D eigenvalue weighted by Gasteiger charge is -2.36. The van der Waals surface area contributed by atoms with Gasteiger partial charge in [-0.25, -0.2) is 0 Å². The Morgan fingerprint density at radius 3 is 2.56 bits per heavy atom. The maximum Gasteiger partial charge on any atom is 0.187 e. The summed E-state index contributed by atoms with van der Waals surface area (Å²) < 4.78 is 0. The van der Waals surface area contributed by atoms with Gasteiger partial charge < -0.3 is 10.2 Å². The summed E-state index contributed by atoms with van der Waals surface area (Å²) in [6.07, 6.45) is 2.68. The fourth-order valence-corrected chi connectivity index (χ4v) is 3.40. The van der Waals surface area contributed by atoms with E-state index in [2.05, 4.69) is 56.4 Å². The van der Waals surface area contributed by atoms with E-state index in [1.165, 1.54) is 11.1 Å². The summed E-state index contributed by atoms with van der Waals surface area (Å²) in [5, 5.41) is 3.54. The average molecular weight is 334 g/mol. The van der Waals surface area contributed by atoms with Gasteiger partial charge in [0, 0.05) is 35.0 Å². The van der Waals surface area contributed by atoms with Gasteiger partial charge in [-0.15, -0.1) is 0 Å². The number of carbonyl (C=O) groups is 1. The summed E-state index contributed by atoms with van der Waals surface area (Å²) >= 11 is 0. The average Bonchev–Trinajstić information content (AvgIpc) is 2.53. The van der Waals surface area contributed by atoms with Crippen molar-refractivity contribution in [3.63, 3.8) is 0 Å². The predicted molar refractivity (Wildman–Crippen MR) is 104 cm³/mol. The fourth-order valence-electron chi connectivity index (χ4n) is 3.40. The van der Waals surface area contributed by atoms with Crippen LogP contribution in [0.25, 0.3) is 5.70 Å². The second kappa shape index (κ2) is 6.85. The highest BCUT2D eigenvalue weighted by Crippen LogP contribution is 2.30. The smallest absolute Gasteiger partial charge is 0.187 e. The first-order valence-electron chi connectivity index (χ1n) is 8.70. The van der Waals surface area contributed by atoms with Crippen molar-refractivity contribution < 1.29 is 4.79 Å². The van der Waals surface area contributed by atoms with E-state index in [0.29, 0.717) is 5.56 Å². The number of fused-ring (bicyclic) bond motifs is 1. The molecule has 0 amide bonds. The Hall–Kier alpha value is -2.39. The Balaban J connectivity index is 1.99. The normalized spacial score (nSPS) is 17.2. The molecule has 25 heavy (non-hydrogen) atoms. The summed E-state index contributed by atoms with van der Waals surface area (Å²) in [6, 6.07) is 16.0. The number of carbonyl (C=O) groups excluding carboxylic acids is 1. The van der Waals surface area contributed by atoms with Crippen LogP contribution in [0.3, 0.4) is 0 Å². The number of ketones is 1. The second-order valence-electron chi connectivity index (χ2n) is 7.70. The number of hydrogen-bond donors (Lipinski definition) is 1. The molecule has 3 nitrogen and oxygen atoms in total. The lowest BCUT2D eigenvalue weighted by atomic mass is 9.84. The molecule has 0 fully saturated rings. The van der Waals surface area contributed by atoms with E-state index in [0.717, 1.165) is 24.2 Å². The molecule has 2 aromatic carbocycles. The number of nitrogens with zero attached hydrogens (tertiary/aromatic N) is 1. The molecule has 0 bridgehead atoms. The molecule has 0 aromatic heterocycles. The van der Waals surface area contributed by atoms with Gasteiger partial charge >= 0.3 is 0 Å². The largest absolute Gasteiger partial charge is 0.379 e. The van der Waals surface area contributed by atoms with Crippen LogP contribution in [-0.4, -0.2) is 30.3 Å². The molecule has 130 valence electrons. The number of allylic oxidation sites excluding steroid dienone is 1. The van der Waals surface area contributed by atoms with Crippen molar-refractivity contribution in [1.82, 2.24) is 10.2 Å². The molecule has 0 saturated carbocycles. The molecule has 2 aromatic rings.